The fraction of sp³-hybridized carbons (Fsp3) is 0.357. The lowest BCUT2D eigenvalue weighted by Crippen LogP contribution is -2.36. The molecule has 0 aliphatic heterocycles. The smallest absolute Gasteiger partial charge is 0.481 e. The highest BCUT2D eigenvalue weighted by Gasteiger charge is 2.32. The topological polar surface area (TPSA) is 103 Å². The summed E-state index contributed by atoms with van der Waals surface area (Å²) in [6.45, 7) is 1.35. The minimum Gasteiger partial charge on any atom is -0.481 e. The van der Waals surface area contributed by atoms with E-state index in [1.165, 1.54) is 14.0 Å². The van der Waals surface area contributed by atoms with Gasteiger partial charge in [-0.2, -0.15) is 5.26 Å². The normalized spacial score (nSPS) is 12.0. The van der Waals surface area contributed by atoms with Crippen LogP contribution in [0.15, 0.2) is 18.2 Å². The average molecular weight is 345 g/mol. The van der Waals surface area contributed by atoms with Gasteiger partial charge in [0, 0.05) is 19.3 Å². The summed E-state index contributed by atoms with van der Waals surface area (Å²) in [4.78, 5) is 23.8. The van der Waals surface area contributed by atoms with E-state index in [1.54, 1.807) is 6.07 Å². The predicted molar refractivity (Wildman–Crippen MR) is 76.3 cm³/mol. The fourth-order valence-electron chi connectivity index (χ4n) is 1.70. The third-order valence-corrected chi connectivity index (χ3v) is 2.89. The number of carboxylic acid groups (broad SMARTS) is 1. The van der Waals surface area contributed by atoms with Crippen molar-refractivity contribution < 1.29 is 32.6 Å². The largest absolute Gasteiger partial charge is 0.573 e. The van der Waals surface area contributed by atoms with Crippen LogP contribution in [0.3, 0.4) is 0 Å². The summed E-state index contributed by atoms with van der Waals surface area (Å²) in [5.41, 5.74) is -0.340. The molecular formula is C14H14F3N3O4. The van der Waals surface area contributed by atoms with Crippen molar-refractivity contribution in [3.63, 3.8) is 0 Å². The first-order valence-corrected chi connectivity index (χ1v) is 6.58. The number of nitriles is 1. The molecule has 0 bridgehead atoms. The highest BCUT2D eigenvalue weighted by molar-refractivity contribution is 5.89. The molecule has 2 amide bonds. The maximum Gasteiger partial charge on any atom is 0.573 e. The summed E-state index contributed by atoms with van der Waals surface area (Å²) in [6.07, 6.45) is -4.94. The summed E-state index contributed by atoms with van der Waals surface area (Å²) in [5.74, 6) is -2.55. The molecule has 0 saturated carbocycles. The van der Waals surface area contributed by atoms with Crippen molar-refractivity contribution in [2.45, 2.75) is 13.3 Å². The van der Waals surface area contributed by atoms with Crippen molar-refractivity contribution in [3.05, 3.63) is 23.8 Å². The Bertz CT molecular complexity index is 670. The van der Waals surface area contributed by atoms with Crippen LogP contribution < -0.4 is 10.1 Å². The highest BCUT2D eigenvalue weighted by Crippen LogP contribution is 2.28. The fourth-order valence-corrected chi connectivity index (χ4v) is 1.70. The van der Waals surface area contributed by atoms with Crippen LogP contribution in [-0.4, -0.2) is 42.0 Å². The second-order valence-corrected chi connectivity index (χ2v) is 4.92. The Morgan fingerprint density at radius 2 is 2.08 bits per heavy atom. The molecule has 0 spiro atoms. The van der Waals surface area contributed by atoms with Gasteiger partial charge in [-0.05, 0) is 18.2 Å². The number of carbonyl (C=O) groups excluding carboxylic acids is 1. The second kappa shape index (κ2) is 7.54. The SMILES string of the molecule is CC(CN(C)C(=O)Nc1ccc(OC(F)(F)F)c(C#N)c1)C(=O)O. The standard InChI is InChI=1S/C14H14F3N3O4/c1-8(12(21)22)7-20(2)13(23)19-10-3-4-11(9(5-10)6-18)24-14(15,16)17/h3-5,8H,7H2,1-2H3,(H,19,23)(H,21,22). The summed E-state index contributed by atoms with van der Waals surface area (Å²) >= 11 is 0. The zero-order valence-electron chi connectivity index (χ0n) is 12.7. The molecule has 7 nitrogen and oxygen atoms in total. The minimum absolute atomic E-state index is 0.0679. The number of ether oxygens (including phenoxy) is 1. The molecule has 0 radical (unpaired) electrons. The number of halogens is 3. The van der Waals surface area contributed by atoms with Crippen LogP contribution in [-0.2, 0) is 4.79 Å². The molecule has 2 N–H and O–H groups in total. The summed E-state index contributed by atoms with van der Waals surface area (Å²) in [5, 5.41) is 20.0. The molecule has 0 heterocycles. The Hall–Kier alpha value is -2.96. The van der Waals surface area contributed by atoms with Gasteiger partial charge in [0.15, 0.2) is 0 Å². The zero-order valence-corrected chi connectivity index (χ0v) is 12.7. The maximum atomic E-state index is 12.2. The Labute approximate surface area is 135 Å². The van der Waals surface area contributed by atoms with Crippen LogP contribution in [0.1, 0.15) is 12.5 Å². The van der Waals surface area contributed by atoms with Gasteiger partial charge in [0.05, 0.1) is 11.5 Å². The van der Waals surface area contributed by atoms with Crippen LogP contribution in [0.2, 0.25) is 0 Å². The number of alkyl halides is 3. The average Bonchev–Trinajstić information content (AvgIpc) is 2.46. The highest BCUT2D eigenvalue weighted by atomic mass is 19.4. The van der Waals surface area contributed by atoms with Gasteiger partial charge in [-0.3, -0.25) is 4.79 Å². The van der Waals surface area contributed by atoms with E-state index in [-0.39, 0.29) is 12.2 Å². The van der Waals surface area contributed by atoms with Crippen LogP contribution >= 0.6 is 0 Å². The van der Waals surface area contributed by atoms with Gasteiger partial charge in [-0.15, -0.1) is 13.2 Å². The number of hydrogen-bond donors (Lipinski definition) is 2. The summed E-state index contributed by atoms with van der Waals surface area (Å²) in [6, 6.07) is 3.93. The molecule has 130 valence electrons. The summed E-state index contributed by atoms with van der Waals surface area (Å²) in [7, 11) is 1.36. The number of benzene rings is 1. The Kier molecular flexibility index (Phi) is 6.00. The number of hydrogen-bond acceptors (Lipinski definition) is 4. The van der Waals surface area contributed by atoms with Gasteiger partial charge < -0.3 is 20.1 Å². The second-order valence-electron chi connectivity index (χ2n) is 4.92. The molecule has 1 rings (SSSR count). The van der Waals surface area contributed by atoms with Crippen LogP contribution in [0.4, 0.5) is 23.7 Å². The van der Waals surface area contributed by atoms with Gasteiger partial charge in [-0.25, -0.2) is 4.79 Å². The predicted octanol–water partition coefficient (Wildman–Crippen LogP) is 2.64. The molecule has 0 fully saturated rings. The van der Waals surface area contributed by atoms with E-state index in [1.807, 2.05) is 0 Å². The monoisotopic (exact) mass is 345 g/mol. The van der Waals surface area contributed by atoms with Crippen LogP contribution in [0.5, 0.6) is 5.75 Å². The Morgan fingerprint density at radius 3 is 2.58 bits per heavy atom. The van der Waals surface area contributed by atoms with E-state index in [0.717, 1.165) is 23.1 Å². The van der Waals surface area contributed by atoms with Crippen molar-refractivity contribution >= 4 is 17.7 Å². The number of amides is 2. The lowest BCUT2D eigenvalue weighted by molar-refractivity contribution is -0.274. The third kappa shape index (κ3) is 5.68. The molecule has 10 heteroatoms. The van der Waals surface area contributed by atoms with Gasteiger partial charge in [0.25, 0.3) is 0 Å². The first-order valence-electron chi connectivity index (χ1n) is 6.58. The van der Waals surface area contributed by atoms with E-state index >= 15 is 0 Å². The lowest BCUT2D eigenvalue weighted by atomic mass is 10.2. The van der Waals surface area contributed by atoms with E-state index in [2.05, 4.69) is 10.1 Å². The van der Waals surface area contributed by atoms with Gasteiger partial charge in [-0.1, -0.05) is 6.92 Å². The molecule has 0 saturated heterocycles. The minimum atomic E-state index is -4.94. The molecule has 0 aliphatic rings. The molecule has 0 aliphatic carbocycles. The molecular weight excluding hydrogens is 331 g/mol. The number of aliphatic carboxylic acids is 1. The van der Waals surface area contributed by atoms with E-state index in [0.29, 0.717) is 0 Å². The van der Waals surface area contributed by atoms with Gasteiger partial charge >= 0.3 is 18.4 Å². The number of nitrogens with one attached hydrogen (secondary N) is 1. The summed E-state index contributed by atoms with van der Waals surface area (Å²) < 4.78 is 40.3. The molecule has 24 heavy (non-hydrogen) atoms. The van der Waals surface area contributed by atoms with Crippen molar-refractivity contribution in [1.82, 2.24) is 4.90 Å². The third-order valence-electron chi connectivity index (χ3n) is 2.89. The number of rotatable bonds is 5. The van der Waals surface area contributed by atoms with E-state index in [9.17, 15) is 22.8 Å². The Morgan fingerprint density at radius 1 is 1.46 bits per heavy atom. The number of carboxylic acids is 1. The van der Waals surface area contributed by atoms with Crippen LogP contribution in [0, 0.1) is 17.2 Å². The van der Waals surface area contributed by atoms with Crippen LogP contribution in [0.25, 0.3) is 0 Å². The van der Waals surface area contributed by atoms with Crippen molar-refractivity contribution in [2.75, 3.05) is 18.9 Å². The lowest BCUT2D eigenvalue weighted by Gasteiger charge is -2.20. The molecule has 1 unspecified atom stereocenters. The number of carbonyl (C=O) groups is 2. The number of urea groups is 1. The molecule has 0 aromatic heterocycles. The Balaban J connectivity index is 2.83. The maximum absolute atomic E-state index is 12.2. The first-order chi connectivity index (χ1) is 11.0. The van der Waals surface area contributed by atoms with E-state index in [4.69, 9.17) is 10.4 Å². The number of anilines is 1. The number of nitrogens with zero attached hydrogens (tertiary/aromatic N) is 2. The van der Waals surface area contributed by atoms with Crippen molar-refractivity contribution in [3.8, 4) is 11.8 Å². The molecule has 1 aromatic rings. The van der Waals surface area contributed by atoms with E-state index < -0.39 is 35.6 Å². The van der Waals surface area contributed by atoms with Gasteiger partial charge in [0.1, 0.15) is 11.8 Å². The molecule has 1 atom stereocenters. The van der Waals surface area contributed by atoms with Gasteiger partial charge in [0.2, 0.25) is 0 Å². The van der Waals surface area contributed by atoms with Crippen molar-refractivity contribution in [1.29, 1.82) is 5.26 Å². The zero-order chi connectivity index (χ0) is 18.5. The van der Waals surface area contributed by atoms with Crippen molar-refractivity contribution in [2.24, 2.45) is 5.92 Å². The first kappa shape index (κ1) is 19.1. The quantitative estimate of drug-likeness (QED) is 0.854. The molecule has 1 aromatic carbocycles.